The van der Waals surface area contributed by atoms with Crippen LogP contribution in [0, 0.1) is 0 Å². The molecular formula is C15H17BrN2O3. The van der Waals surface area contributed by atoms with E-state index in [1.807, 2.05) is 24.3 Å². The molecule has 0 fully saturated rings. The Bertz CT molecular complexity index is 577. The second-order valence-corrected chi connectivity index (χ2v) is 5.05. The van der Waals surface area contributed by atoms with Gasteiger partial charge in [0.1, 0.15) is 21.9 Å². The minimum absolute atomic E-state index is 0.555. The Balaban J connectivity index is 2.23. The summed E-state index contributed by atoms with van der Waals surface area (Å²) in [5.41, 5.74) is 1.84. The molecule has 0 bridgehead atoms. The van der Waals surface area contributed by atoms with Crippen molar-refractivity contribution in [2.45, 2.75) is 6.54 Å². The Morgan fingerprint density at radius 2 is 1.71 bits per heavy atom. The first kappa shape index (κ1) is 15.4. The van der Waals surface area contributed by atoms with E-state index in [2.05, 4.69) is 26.2 Å². The average Bonchev–Trinajstić information content (AvgIpc) is 2.53. The summed E-state index contributed by atoms with van der Waals surface area (Å²) in [7, 11) is 4.86. The number of hydrogen-bond donors (Lipinski definition) is 1. The van der Waals surface area contributed by atoms with Crippen molar-refractivity contribution in [1.82, 2.24) is 4.98 Å². The van der Waals surface area contributed by atoms with E-state index >= 15 is 0 Å². The molecule has 6 heteroatoms. The van der Waals surface area contributed by atoms with Crippen molar-refractivity contribution in [3.05, 3.63) is 40.6 Å². The van der Waals surface area contributed by atoms with Crippen LogP contribution in [0.3, 0.4) is 0 Å². The van der Waals surface area contributed by atoms with Gasteiger partial charge in [-0.15, -0.1) is 0 Å². The van der Waals surface area contributed by atoms with Crippen LogP contribution in [0.1, 0.15) is 5.56 Å². The highest BCUT2D eigenvalue weighted by atomic mass is 79.9. The Kier molecular flexibility index (Phi) is 5.27. The molecule has 2 aromatic rings. The summed E-state index contributed by atoms with van der Waals surface area (Å²) in [4.78, 5) is 4.18. The molecule has 0 spiro atoms. The minimum atomic E-state index is 0.555. The molecule has 21 heavy (non-hydrogen) atoms. The van der Waals surface area contributed by atoms with Crippen molar-refractivity contribution in [1.29, 1.82) is 0 Å². The first-order valence-electron chi connectivity index (χ1n) is 6.32. The molecule has 2 rings (SSSR count). The Hall–Kier alpha value is -1.95. The average molecular weight is 353 g/mol. The molecule has 0 aliphatic heterocycles. The van der Waals surface area contributed by atoms with Crippen LogP contribution in [-0.2, 0) is 6.54 Å². The smallest absolute Gasteiger partial charge is 0.131 e. The summed E-state index contributed by atoms with van der Waals surface area (Å²) in [6.45, 7) is 0.555. The van der Waals surface area contributed by atoms with Gasteiger partial charge in [-0.25, -0.2) is 4.98 Å². The summed E-state index contributed by atoms with van der Waals surface area (Å²) in [5.74, 6) is 2.12. The number of benzene rings is 1. The van der Waals surface area contributed by atoms with Gasteiger partial charge >= 0.3 is 0 Å². The van der Waals surface area contributed by atoms with Gasteiger partial charge in [0.25, 0.3) is 0 Å². The van der Waals surface area contributed by atoms with Crippen molar-refractivity contribution < 1.29 is 14.2 Å². The number of hydrogen-bond acceptors (Lipinski definition) is 5. The van der Waals surface area contributed by atoms with Gasteiger partial charge in [0.15, 0.2) is 0 Å². The fourth-order valence-corrected chi connectivity index (χ4v) is 2.16. The van der Waals surface area contributed by atoms with Crippen LogP contribution in [0.25, 0.3) is 0 Å². The van der Waals surface area contributed by atoms with E-state index in [0.29, 0.717) is 23.8 Å². The van der Waals surface area contributed by atoms with E-state index in [1.54, 1.807) is 27.5 Å². The van der Waals surface area contributed by atoms with Gasteiger partial charge in [-0.1, -0.05) is 0 Å². The molecule has 1 heterocycles. The Morgan fingerprint density at radius 1 is 1.05 bits per heavy atom. The fourth-order valence-electron chi connectivity index (χ4n) is 1.92. The minimum Gasteiger partial charge on any atom is -0.496 e. The third-order valence-corrected chi connectivity index (χ3v) is 3.48. The molecule has 0 saturated heterocycles. The second kappa shape index (κ2) is 7.17. The van der Waals surface area contributed by atoms with E-state index in [9.17, 15) is 0 Å². The predicted molar refractivity (Wildman–Crippen MR) is 85.4 cm³/mol. The maximum Gasteiger partial charge on any atom is 0.131 e. The summed E-state index contributed by atoms with van der Waals surface area (Å²) >= 11 is 3.31. The number of nitrogens with zero attached hydrogens (tertiary/aromatic N) is 1. The van der Waals surface area contributed by atoms with E-state index in [-0.39, 0.29) is 0 Å². The van der Waals surface area contributed by atoms with Crippen molar-refractivity contribution >= 4 is 21.6 Å². The van der Waals surface area contributed by atoms with Crippen molar-refractivity contribution in [3.8, 4) is 17.2 Å². The van der Waals surface area contributed by atoms with Gasteiger partial charge < -0.3 is 19.5 Å². The molecule has 0 unspecified atom stereocenters. The van der Waals surface area contributed by atoms with Crippen LogP contribution in [0.2, 0.25) is 0 Å². The van der Waals surface area contributed by atoms with E-state index in [4.69, 9.17) is 14.2 Å². The van der Waals surface area contributed by atoms with Gasteiger partial charge in [0.2, 0.25) is 0 Å². The number of pyridine rings is 1. The number of methoxy groups -OCH3 is 3. The van der Waals surface area contributed by atoms with Crippen LogP contribution in [-0.4, -0.2) is 26.3 Å². The van der Waals surface area contributed by atoms with Crippen molar-refractivity contribution in [2.75, 3.05) is 26.6 Å². The molecule has 1 aromatic carbocycles. The number of aromatic nitrogens is 1. The number of rotatable bonds is 6. The molecule has 0 aliphatic carbocycles. The molecule has 5 nitrogen and oxygen atoms in total. The molecule has 112 valence electrons. The maximum absolute atomic E-state index is 5.41. The zero-order valence-electron chi connectivity index (χ0n) is 12.1. The lowest BCUT2D eigenvalue weighted by molar-refractivity contribution is 0.369. The van der Waals surface area contributed by atoms with Crippen molar-refractivity contribution in [2.24, 2.45) is 0 Å². The quantitative estimate of drug-likeness (QED) is 0.806. The van der Waals surface area contributed by atoms with E-state index in [1.165, 1.54) is 0 Å². The third-order valence-electron chi connectivity index (χ3n) is 3.01. The lowest BCUT2D eigenvalue weighted by Crippen LogP contribution is -2.05. The Labute approximate surface area is 132 Å². The molecule has 0 radical (unpaired) electrons. The fraction of sp³-hybridized carbons (Fsp3) is 0.267. The highest BCUT2D eigenvalue weighted by molar-refractivity contribution is 9.10. The standard InChI is InChI=1S/C15H17BrN2O3/c1-19-11-6-13(20-2)12(14(7-11)21-3)9-17-10-4-5-15(16)18-8-10/h4-8,17H,9H2,1-3H3. The van der Waals surface area contributed by atoms with E-state index in [0.717, 1.165) is 15.9 Å². The Morgan fingerprint density at radius 3 is 2.19 bits per heavy atom. The predicted octanol–water partition coefficient (Wildman–Crippen LogP) is 3.48. The number of halogens is 1. The highest BCUT2D eigenvalue weighted by Crippen LogP contribution is 2.34. The molecule has 0 amide bonds. The topological polar surface area (TPSA) is 52.6 Å². The molecule has 1 N–H and O–H groups in total. The summed E-state index contributed by atoms with van der Waals surface area (Å²) in [5, 5.41) is 3.29. The SMILES string of the molecule is COc1cc(OC)c(CNc2ccc(Br)nc2)c(OC)c1. The van der Waals surface area contributed by atoms with Crippen LogP contribution in [0.15, 0.2) is 35.1 Å². The number of anilines is 1. The molecule has 0 atom stereocenters. The molecule has 0 saturated carbocycles. The number of nitrogens with one attached hydrogen (secondary N) is 1. The van der Waals surface area contributed by atoms with E-state index < -0.39 is 0 Å². The third kappa shape index (κ3) is 3.78. The van der Waals surface area contributed by atoms with Crippen LogP contribution in [0.5, 0.6) is 17.2 Å². The lowest BCUT2D eigenvalue weighted by Gasteiger charge is -2.16. The highest BCUT2D eigenvalue weighted by Gasteiger charge is 2.13. The summed E-state index contributed by atoms with van der Waals surface area (Å²) < 4.78 is 16.9. The maximum atomic E-state index is 5.41. The van der Waals surface area contributed by atoms with Crippen LogP contribution < -0.4 is 19.5 Å². The zero-order valence-corrected chi connectivity index (χ0v) is 13.7. The summed E-state index contributed by atoms with van der Waals surface area (Å²) in [6.07, 6.45) is 1.76. The largest absolute Gasteiger partial charge is 0.496 e. The molecular weight excluding hydrogens is 336 g/mol. The van der Waals surface area contributed by atoms with Gasteiger partial charge in [-0.3, -0.25) is 0 Å². The van der Waals surface area contributed by atoms with Gasteiger partial charge in [-0.2, -0.15) is 0 Å². The number of ether oxygens (including phenoxy) is 3. The summed E-state index contributed by atoms with van der Waals surface area (Å²) in [6, 6.07) is 7.49. The van der Waals surface area contributed by atoms with Gasteiger partial charge in [0.05, 0.1) is 38.8 Å². The normalized spacial score (nSPS) is 10.1. The van der Waals surface area contributed by atoms with Crippen LogP contribution >= 0.6 is 15.9 Å². The molecule has 1 aromatic heterocycles. The first-order valence-corrected chi connectivity index (χ1v) is 7.11. The molecule has 0 aliphatic rings. The second-order valence-electron chi connectivity index (χ2n) is 4.23. The van der Waals surface area contributed by atoms with Gasteiger partial charge in [0, 0.05) is 18.7 Å². The monoisotopic (exact) mass is 352 g/mol. The van der Waals surface area contributed by atoms with Crippen molar-refractivity contribution in [3.63, 3.8) is 0 Å². The van der Waals surface area contributed by atoms with Crippen LogP contribution in [0.4, 0.5) is 5.69 Å². The first-order chi connectivity index (χ1) is 10.2. The lowest BCUT2D eigenvalue weighted by atomic mass is 10.1. The van der Waals surface area contributed by atoms with Gasteiger partial charge in [-0.05, 0) is 28.1 Å². The zero-order chi connectivity index (χ0) is 15.2.